The first-order chi connectivity index (χ1) is 9.55. The molecule has 2 unspecified atom stereocenters. The van der Waals surface area contributed by atoms with Crippen LogP contribution in [0.2, 0.25) is 0 Å². The third-order valence-corrected chi connectivity index (χ3v) is 4.13. The number of nitrogens with one attached hydrogen (secondary N) is 1. The summed E-state index contributed by atoms with van der Waals surface area (Å²) < 4.78 is 10.1. The van der Waals surface area contributed by atoms with E-state index in [1.54, 1.807) is 0 Å². The summed E-state index contributed by atoms with van der Waals surface area (Å²) in [4.78, 5) is 23.0. The van der Waals surface area contributed by atoms with Gasteiger partial charge in [-0.1, -0.05) is 12.2 Å². The first kappa shape index (κ1) is 13.1. The minimum atomic E-state index is -0.322. The van der Waals surface area contributed by atoms with Crippen molar-refractivity contribution < 1.29 is 19.1 Å². The highest BCUT2D eigenvalue weighted by atomic mass is 16.5. The van der Waals surface area contributed by atoms with E-state index in [1.807, 2.05) is 18.2 Å². The minimum Gasteiger partial charge on any atom is -0.466 e. The highest BCUT2D eigenvalue weighted by Gasteiger charge is 2.48. The van der Waals surface area contributed by atoms with Crippen LogP contribution >= 0.6 is 0 Å². The van der Waals surface area contributed by atoms with Gasteiger partial charge in [-0.05, 0) is 25.3 Å². The maximum Gasteiger partial charge on any atom is 0.335 e. The Labute approximate surface area is 117 Å². The van der Waals surface area contributed by atoms with Crippen molar-refractivity contribution in [3.63, 3.8) is 0 Å². The Bertz CT molecular complexity index is 572. The van der Waals surface area contributed by atoms with E-state index < -0.39 is 0 Å². The summed E-state index contributed by atoms with van der Waals surface area (Å²) >= 11 is 0. The summed E-state index contributed by atoms with van der Waals surface area (Å²) in [6.45, 7) is 1.40. The number of methoxy groups -OCH3 is 1. The number of esters is 2. The Kier molecular flexibility index (Phi) is 3.01. The Balaban J connectivity index is 1.94. The topological polar surface area (TPSA) is 64.6 Å². The second-order valence-electron chi connectivity index (χ2n) is 5.34. The number of hydrogen-bond donors (Lipinski definition) is 1. The number of fused-ring (bicyclic) bond motifs is 1. The number of carbonyl (C=O) groups excluding carboxylic acids is 2. The van der Waals surface area contributed by atoms with E-state index in [2.05, 4.69) is 5.32 Å². The zero-order valence-corrected chi connectivity index (χ0v) is 11.6. The van der Waals surface area contributed by atoms with Gasteiger partial charge < -0.3 is 9.47 Å². The van der Waals surface area contributed by atoms with Crippen LogP contribution in [0.25, 0.3) is 0 Å². The first-order valence-corrected chi connectivity index (χ1v) is 6.73. The van der Waals surface area contributed by atoms with Gasteiger partial charge in [0.25, 0.3) is 0 Å². The fraction of sp³-hybridized carbons (Fsp3) is 0.467. The van der Waals surface area contributed by atoms with Crippen molar-refractivity contribution >= 4 is 11.9 Å². The molecule has 0 aromatic carbocycles. The van der Waals surface area contributed by atoms with Gasteiger partial charge in [-0.15, -0.1) is 0 Å². The van der Waals surface area contributed by atoms with Gasteiger partial charge in [0, 0.05) is 12.5 Å². The van der Waals surface area contributed by atoms with Crippen LogP contribution in [0.5, 0.6) is 0 Å². The molecule has 20 heavy (non-hydrogen) atoms. The molecule has 0 saturated heterocycles. The van der Waals surface area contributed by atoms with Crippen LogP contribution in [-0.2, 0) is 19.1 Å². The van der Waals surface area contributed by atoms with Crippen molar-refractivity contribution in [2.75, 3.05) is 7.11 Å². The Hall–Kier alpha value is -1.88. The molecule has 0 aromatic heterocycles. The highest BCUT2D eigenvalue weighted by Crippen LogP contribution is 2.45. The second-order valence-corrected chi connectivity index (χ2v) is 5.34. The number of rotatable bonds is 2. The van der Waals surface area contributed by atoms with E-state index in [9.17, 15) is 9.59 Å². The molecule has 2 atom stereocenters. The van der Waals surface area contributed by atoms with Gasteiger partial charge in [0.05, 0.1) is 24.3 Å². The lowest BCUT2D eigenvalue weighted by Gasteiger charge is -2.38. The zero-order chi connectivity index (χ0) is 14.3. The average Bonchev–Trinajstić information content (AvgIpc) is 2.71. The molecule has 3 rings (SSSR count). The molecule has 2 heterocycles. The van der Waals surface area contributed by atoms with Crippen molar-refractivity contribution in [1.29, 1.82) is 0 Å². The smallest absolute Gasteiger partial charge is 0.335 e. The summed E-state index contributed by atoms with van der Waals surface area (Å²) in [6.07, 6.45) is 8.35. The van der Waals surface area contributed by atoms with Crippen molar-refractivity contribution in [3.8, 4) is 0 Å². The third-order valence-electron chi connectivity index (χ3n) is 4.13. The normalized spacial score (nSPS) is 30.7. The van der Waals surface area contributed by atoms with Crippen LogP contribution in [0, 0.1) is 0 Å². The van der Waals surface area contributed by atoms with Crippen molar-refractivity contribution in [3.05, 3.63) is 35.1 Å². The van der Waals surface area contributed by atoms with Crippen LogP contribution < -0.4 is 5.32 Å². The van der Waals surface area contributed by atoms with Crippen molar-refractivity contribution in [2.24, 2.45) is 0 Å². The number of allylic oxidation sites excluding steroid dienone is 1. The van der Waals surface area contributed by atoms with Gasteiger partial charge in [0.2, 0.25) is 0 Å². The second kappa shape index (κ2) is 4.59. The van der Waals surface area contributed by atoms with Crippen LogP contribution in [0.15, 0.2) is 35.1 Å². The average molecular weight is 275 g/mol. The number of ether oxygens (including phenoxy) is 2. The summed E-state index contributed by atoms with van der Waals surface area (Å²) in [6, 6.07) is -0.164. The van der Waals surface area contributed by atoms with E-state index >= 15 is 0 Å². The fourth-order valence-corrected chi connectivity index (χ4v) is 3.26. The predicted octanol–water partition coefficient (Wildman–Crippen LogP) is 1.37. The zero-order valence-electron chi connectivity index (χ0n) is 11.6. The van der Waals surface area contributed by atoms with Crippen molar-refractivity contribution in [2.45, 2.75) is 37.8 Å². The largest absolute Gasteiger partial charge is 0.466 e. The summed E-state index contributed by atoms with van der Waals surface area (Å²) in [5.41, 5.74) is 1.41. The molecule has 0 amide bonds. The monoisotopic (exact) mass is 275 g/mol. The maximum atomic E-state index is 11.8. The maximum absolute atomic E-state index is 11.8. The Morgan fingerprint density at radius 1 is 1.40 bits per heavy atom. The van der Waals surface area contributed by atoms with Gasteiger partial charge in [-0.3, -0.25) is 10.1 Å². The van der Waals surface area contributed by atoms with E-state index in [0.29, 0.717) is 17.8 Å². The molecule has 2 bridgehead atoms. The van der Waals surface area contributed by atoms with Gasteiger partial charge >= 0.3 is 11.9 Å². The van der Waals surface area contributed by atoms with E-state index in [-0.39, 0.29) is 23.5 Å². The van der Waals surface area contributed by atoms with Gasteiger partial charge in [0.15, 0.2) is 0 Å². The molecular weight excluding hydrogens is 258 g/mol. The molecular formula is C15H17NO4. The van der Waals surface area contributed by atoms with Crippen LogP contribution in [0.3, 0.4) is 0 Å². The molecule has 0 fully saturated rings. The number of carbonyl (C=O) groups is 2. The molecule has 5 nitrogen and oxygen atoms in total. The van der Waals surface area contributed by atoms with Gasteiger partial charge in [-0.2, -0.15) is 0 Å². The molecule has 0 radical (unpaired) electrons. The minimum absolute atomic E-state index is 0.164. The molecule has 1 N–H and O–H groups in total. The van der Waals surface area contributed by atoms with Crippen LogP contribution in [-0.4, -0.2) is 30.6 Å². The molecule has 3 aliphatic rings. The van der Waals surface area contributed by atoms with Crippen LogP contribution in [0.1, 0.15) is 26.2 Å². The lowest BCUT2D eigenvalue weighted by atomic mass is 9.78. The van der Waals surface area contributed by atoms with Crippen molar-refractivity contribution in [1.82, 2.24) is 5.32 Å². The molecule has 106 valence electrons. The molecule has 0 saturated carbocycles. The molecule has 1 spiro atoms. The Morgan fingerprint density at radius 3 is 2.90 bits per heavy atom. The lowest BCUT2D eigenvalue weighted by molar-refractivity contribution is -0.137. The Morgan fingerprint density at radius 2 is 2.20 bits per heavy atom. The predicted molar refractivity (Wildman–Crippen MR) is 71.5 cm³/mol. The molecule has 5 heteroatoms. The highest BCUT2D eigenvalue weighted by molar-refractivity contribution is 5.91. The standard InChI is InChI=1S/C15H17NO4/c1-9(17)20-13-4-3-6-15-7-5-10(14(18)19-2)12(16-15)8-11(13)15/h4-5,8,12,16H,3,6-7H2,1-2H3. The number of hydrogen-bond acceptors (Lipinski definition) is 5. The van der Waals surface area contributed by atoms with Crippen LogP contribution in [0.4, 0.5) is 0 Å². The molecule has 2 aliphatic heterocycles. The van der Waals surface area contributed by atoms with E-state index in [1.165, 1.54) is 14.0 Å². The SMILES string of the molecule is COC(=O)C1=CCC23CCC=C(OC(C)=O)C2=CC1N3. The van der Waals surface area contributed by atoms with Gasteiger partial charge in [-0.25, -0.2) is 4.79 Å². The fourth-order valence-electron chi connectivity index (χ4n) is 3.26. The molecule has 0 aromatic rings. The molecule has 1 aliphatic carbocycles. The quantitative estimate of drug-likeness (QED) is 0.771. The summed E-state index contributed by atoms with van der Waals surface area (Å²) in [7, 11) is 1.38. The van der Waals surface area contributed by atoms with E-state index in [0.717, 1.165) is 18.4 Å². The summed E-state index contributed by atoms with van der Waals surface area (Å²) in [5.74, 6) is -0.0130. The third kappa shape index (κ3) is 1.89. The summed E-state index contributed by atoms with van der Waals surface area (Å²) in [5, 5.41) is 3.48. The van der Waals surface area contributed by atoms with E-state index in [4.69, 9.17) is 9.47 Å². The van der Waals surface area contributed by atoms with Gasteiger partial charge in [0.1, 0.15) is 5.76 Å². The first-order valence-electron chi connectivity index (χ1n) is 6.73. The lowest BCUT2D eigenvalue weighted by Crippen LogP contribution is -2.51.